The van der Waals surface area contributed by atoms with E-state index in [1.54, 1.807) is 12.1 Å². The van der Waals surface area contributed by atoms with Crippen molar-refractivity contribution in [3.63, 3.8) is 0 Å². The average molecular weight is 259 g/mol. The molecule has 3 nitrogen and oxygen atoms in total. The number of halogens is 2. The summed E-state index contributed by atoms with van der Waals surface area (Å²) in [7, 11) is 0. The van der Waals surface area contributed by atoms with Crippen molar-refractivity contribution < 1.29 is 9.18 Å². The van der Waals surface area contributed by atoms with E-state index in [4.69, 9.17) is 17.3 Å². The first-order valence-corrected chi connectivity index (χ1v) is 5.90. The van der Waals surface area contributed by atoms with E-state index < -0.39 is 11.9 Å². The molecule has 3 N–H and O–H groups in total. The summed E-state index contributed by atoms with van der Waals surface area (Å²) in [6.07, 6.45) is 1.45. The summed E-state index contributed by atoms with van der Waals surface area (Å²) < 4.78 is 13.5. The van der Waals surface area contributed by atoms with Crippen LogP contribution < -0.4 is 11.1 Å². The minimum Gasteiger partial charge on any atom is -0.351 e. The highest BCUT2D eigenvalue weighted by molar-refractivity contribution is 6.30. The first-order valence-electron chi connectivity index (χ1n) is 5.52. The van der Waals surface area contributed by atoms with Crippen molar-refractivity contribution in [2.45, 2.75) is 32.4 Å². The van der Waals surface area contributed by atoms with Crippen LogP contribution in [-0.4, -0.2) is 11.9 Å². The lowest BCUT2D eigenvalue weighted by molar-refractivity contribution is -0.122. The Balaban J connectivity index is 2.56. The standard InChI is InChI=1S/C12H16ClFN2O/c1-2-4-10(15)12(17)16-7-8-5-3-6-9(13)11(8)14/h3,5-6,10H,2,4,7,15H2,1H3,(H,16,17)/t10-/m0/s1. The zero-order valence-corrected chi connectivity index (χ0v) is 10.4. The summed E-state index contributed by atoms with van der Waals surface area (Å²) in [6, 6.07) is 4.14. The summed E-state index contributed by atoms with van der Waals surface area (Å²) in [5, 5.41) is 2.64. The van der Waals surface area contributed by atoms with Crippen LogP contribution in [0.1, 0.15) is 25.3 Å². The minimum absolute atomic E-state index is 0.0506. The molecular weight excluding hydrogens is 243 g/mol. The van der Waals surface area contributed by atoms with E-state index in [-0.39, 0.29) is 17.5 Å². The molecule has 1 aromatic carbocycles. The molecule has 0 fully saturated rings. The summed E-state index contributed by atoms with van der Waals surface area (Å²) in [5.74, 6) is -0.773. The van der Waals surface area contributed by atoms with Gasteiger partial charge in [0.1, 0.15) is 5.82 Å². The third-order valence-corrected chi connectivity index (χ3v) is 2.71. The van der Waals surface area contributed by atoms with E-state index in [0.29, 0.717) is 12.0 Å². The Hall–Kier alpha value is -1.13. The van der Waals surface area contributed by atoms with Gasteiger partial charge in [-0.3, -0.25) is 4.79 Å². The number of amides is 1. The molecule has 0 saturated carbocycles. The second-order valence-corrected chi connectivity index (χ2v) is 4.23. The Morgan fingerprint density at radius 3 is 2.94 bits per heavy atom. The average Bonchev–Trinajstić information content (AvgIpc) is 2.31. The molecule has 0 radical (unpaired) electrons. The Bertz CT molecular complexity index is 398. The summed E-state index contributed by atoms with van der Waals surface area (Å²) in [4.78, 5) is 11.5. The third kappa shape index (κ3) is 3.98. The zero-order chi connectivity index (χ0) is 12.8. The summed E-state index contributed by atoms with van der Waals surface area (Å²) in [5.41, 5.74) is 5.98. The van der Waals surface area contributed by atoms with Crippen LogP contribution in [0.4, 0.5) is 4.39 Å². The van der Waals surface area contributed by atoms with Gasteiger partial charge in [0.25, 0.3) is 0 Å². The van der Waals surface area contributed by atoms with Gasteiger partial charge in [-0.25, -0.2) is 4.39 Å². The monoisotopic (exact) mass is 258 g/mol. The number of nitrogens with two attached hydrogens (primary N) is 1. The molecule has 0 aliphatic rings. The van der Waals surface area contributed by atoms with Crippen LogP contribution in [-0.2, 0) is 11.3 Å². The molecule has 5 heteroatoms. The first-order chi connectivity index (χ1) is 8.06. The van der Waals surface area contributed by atoms with Crippen molar-refractivity contribution >= 4 is 17.5 Å². The zero-order valence-electron chi connectivity index (χ0n) is 9.67. The van der Waals surface area contributed by atoms with Crippen LogP contribution in [0.25, 0.3) is 0 Å². The van der Waals surface area contributed by atoms with Gasteiger partial charge in [0.15, 0.2) is 0 Å². The van der Waals surface area contributed by atoms with Crippen LogP contribution in [0.5, 0.6) is 0 Å². The number of rotatable bonds is 5. The van der Waals surface area contributed by atoms with Crippen LogP contribution in [0.3, 0.4) is 0 Å². The second kappa shape index (κ2) is 6.57. The van der Waals surface area contributed by atoms with E-state index in [9.17, 15) is 9.18 Å². The molecule has 0 bridgehead atoms. The lowest BCUT2D eigenvalue weighted by Gasteiger charge is -2.11. The van der Waals surface area contributed by atoms with Crippen LogP contribution in [0, 0.1) is 5.82 Å². The fourth-order valence-electron chi connectivity index (χ4n) is 1.44. The molecule has 17 heavy (non-hydrogen) atoms. The Morgan fingerprint density at radius 2 is 2.29 bits per heavy atom. The van der Waals surface area contributed by atoms with E-state index in [2.05, 4.69) is 5.32 Å². The van der Waals surface area contributed by atoms with E-state index >= 15 is 0 Å². The summed E-state index contributed by atoms with van der Waals surface area (Å²) >= 11 is 5.63. The molecule has 0 aliphatic carbocycles. The molecule has 1 amide bonds. The SMILES string of the molecule is CCC[C@H](N)C(=O)NCc1cccc(Cl)c1F. The smallest absolute Gasteiger partial charge is 0.237 e. The maximum absolute atomic E-state index is 13.5. The van der Waals surface area contributed by atoms with Gasteiger partial charge in [0.05, 0.1) is 11.1 Å². The maximum Gasteiger partial charge on any atom is 0.237 e. The van der Waals surface area contributed by atoms with E-state index in [1.807, 2.05) is 6.92 Å². The largest absolute Gasteiger partial charge is 0.351 e. The number of hydrogen-bond acceptors (Lipinski definition) is 2. The second-order valence-electron chi connectivity index (χ2n) is 3.83. The quantitative estimate of drug-likeness (QED) is 0.851. The van der Waals surface area contributed by atoms with Crippen LogP contribution >= 0.6 is 11.6 Å². The van der Waals surface area contributed by atoms with Gasteiger partial charge in [0.2, 0.25) is 5.91 Å². The van der Waals surface area contributed by atoms with Gasteiger partial charge in [-0.1, -0.05) is 37.1 Å². The molecule has 0 saturated heterocycles. The van der Waals surface area contributed by atoms with Gasteiger partial charge in [-0.15, -0.1) is 0 Å². The molecule has 94 valence electrons. The van der Waals surface area contributed by atoms with Crippen LogP contribution in [0.15, 0.2) is 18.2 Å². The van der Waals surface area contributed by atoms with Gasteiger partial charge >= 0.3 is 0 Å². The molecule has 0 aliphatic heterocycles. The van der Waals surface area contributed by atoms with Crippen molar-refractivity contribution in [2.24, 2.45) is 5.73 Å². The Kier molecular flexibility index (Phi) is 5.38. The minimum atomic E-state index is -0.540. The van der Waals surface area contributed by atoms with Crippen molar-refractivity contribution in [2.75, 3.05) is 0 Å². The van der Waals surface area contributed by atoms with Gasteiger partial charge in [0, 0.05) is 12.1 Å². The number of carbonyl (C=O) groups is 1. The van der Waals surface area contributed by atoms with Crippen molar-refractivity contribution in [3.8, 4) is 0 Å². The number of nitrogens with one attached hydrogen (secondary N) is 1. The van der Waals surface area contributed by atoms with Crippen molar-refractivity contribution in [3.05, 3.63) is 34.6 Å². The molecule has 0 unspecified atom stereocenters. The first kappa shape index (κ1) is 13.9. The topological polar surface area (TPSA) is 55.1 Å². The number of benzene rings is 1. The molecule has 1 rings (SSSR count). The molecule has 0 heterocycles. The molecular formula is C12H16ClFN2O. The van der Waals surface area contributed by atoms with Crippen molar-refractivity contribution in [1.82, 2.24) is 5.32 Å². The van der Waals surface area contributed by atoms with E-state index in [0.717, 1.165) is 6.42 Å². The normalized spacial score (nSPS) is 12.2. The highest BCUT2D eigenvalue weighted by Gasteiger charge is 2.13. The van der Waals surface area contributed by atoms with Gasteiger partial charge < -0.3 is 11.1 Å². The van der Waals surface area contributed by atoms with E-state index in [1.165, 1.54) is 6.07 Å². The molecule has 0 aromatic heterocycles. The van der Waals surface area contributed by atoms with Gasteiger partial charge in [-0.05, 0) is 12.5 Å². The molecule has 0 spiro atoms. The van der Waals surface area contributed by atoms with Gasteiger partial charge in [-0.2, -0.15) is 0 Å². The van der Waals surface area contributed by atoms with Crippen LogP contribution in [0.2, 0.25) is 5.02 Å². The third-order valence-electron chi connectivity index (χ3n) is 2.42. The number of carbonyl (C=O) groups excluding carboxylic acids is 1. The predicted molar refractivity (Wildman–Crippen MR) is 66.1 cm³/mol. The Morgan fingerprint density at radius 1 is 1.59 bits per heavy atom. The highest BCUT2D eigenvalue weighted by atomic mass is 35.5. The molecule has 1 aromatic rings. The lowest BCUT2D eigenvalue weighted by Crippen LogP contribution is -2.40. The highest BCUT2D eigenvalue weighted by Crippen LogP contribution is 2.17. The lowest BCUT2D eigenvalue weighted by atomic mass is 10.1. The van der Waals surface area contributed by atoms with Crippen molar-refractivity contribution in [1.29, 1.82) is 0 Å². The Labute approximate surface area is 105 Å². The number of hydrogen-bond donors (Lipinski definition) is 2. The predicted octanol–water partition coefficient (Wildman–Crippen LogP) is 2.22. The fraction of sp³-hybridized carbons (Fsp3) is 0.417. The molecule has 1 atom stereocenters. The fourth-order valence-corrected chi connectivity index (χ4v) is 1.63. The maximum atomic E-state index is 13.5. The summed E-state index contributed by atoms with van der Waals surface area (Å²) in [6.45, 7) is 2.05.